The number of amides is 1. The molecule has 1 fully saturated rings. The number of carbonyl (C=O) groups excluding carboxylic acids is 1. The van der Waals surface area contributed by atoms with Gasteiger partial charge in [-0.1, -0.05) is 25.0 Å². The van der Waals surface area contributed by atoms with Crippen molar-refractivity contribution >= 4 is 28.9 Å². The summed E-state index contributed by atoms with van der Waals surface area (Å²) >= 11 is 0. The minimum absolute atomic E-state index is 0.0395. The highest BCUT2D eigenvalue weighted by molar-refractivity contribution is 5.98. The minimum Gasteiger partial charge on any atom is -0.378 e. The fraction of sp³-hybridized carbons (Fsp3) is 0.320. The van der Waals surface area contributed by atoms with Crippen molar-refractivity contribution in [2.45, 2.75) is 37.8 Å². The van der Waals surface area contributed by atoms with Crippen molar-refractivity contribution < 1.29 is 9.18 Å². The van der Waals surface area contributed by atoms with E-state index >= 15 is 0 Å². The average Bonchev–Trinajstić information content (AvgIpc) is 2.82. The third-order valence-electron chi connectivity index (χ3n) is 6.08. The van der Waals surface area contributed by atoms with Crippen LogP contribution in [0.4, 0.5) is 27.4 Å². The maximum Gasteiger partial charge on any atom is 0.252 e. The molecule has 8 nitrogen and oxygen atoms in total. The van der Waals surface area contributed by atoms with Crippen LogP contribution in [0.1, 0.15) is 36.0 Å². The van der Waals surface area contributed by atoms with Gasteiger partial charge in [-0.05, 0) is 42.7 Å². The largest absolute Gasteiger partial charge is 0.378 e. The zero-order chi connectivity index (χ0) is 24.2. The maximum absolute atomic E-state index is 14.8. The van der Waals surface area contributed by atoms with Gasteiger partial charge in [-0.2, -0.15) is 0 Å². The summed E-state index contributed by atoms with van der Waals surface area (Å²) in [4.78, 5) is 22.7. The third kappa shape index (κ3) is 5.26. The summed E-state index contributed by atoms with van der Waals surface area (Å²) in [6.07, 6.45) is 7.15. The number of hydrogen-bond acceptors (Lipinski definition) is 7. The number of nitrogens with one attached hydrogen (secondary N) is 2. The van der Waals surface area contributed by atoms with Gasteiger partial charge >= 0.3 is 0 Å². The molecule has 0 saturated heterocycles. The number of rotatable bonds is 7. The molecule has 0 aliphatic heterocycles. The lowest BCUT2D eigenvalue weighted by molar-refractivity contribution is 0.100. The van der Waals surface area contributed by atoms with Crippen molar-refractivity contribution in [2.75, 3.05) is 29.6 Å². The molecule has 178 valence electrons. The molecule has 1 aliphatic carbocycles. The number of halogens is 1. The average molecular weight is 464 g/mol. The van der Waals surface area contributed by atoms with Crippen molar-refractivity contribution in [2.24, 2.45) is 11.5 Å². The number of nitrogens with two attached hydrogens (primary N) is 2. The van der Waals surface area contributed by atoms with Gasteiger partial charge in [0, 0.05) is 43.6 Å². The number of anilines is 4. The van der Waals surface area contributed by atoms with Gasteiger partial charge < -0.3 is 27.0 Å². The molecule has 2 atom stereocenters. The van der Waals surface area contributed by atoms with Crippen molar-refractivity contribution in [1.82, 2.24) is 9.97 Å². The Hall–Kier alpha value is -3.72. The number of primary amides is 1. The number of pyridine rings is 2. The molecule has 4 rings (SSSR count). The van der Waals surface area contributed by atoms with Crippen LogP contribution in [0.2, 0.25) is 0 Å². The second-order valence-corrected chi connectivity index (χ2v) is 8.81. The van der Waals surface area contributed by atoms with E-state index in [0.717, 1.165) is 48.6 Å². The SMILES string of the molecule is CN(C)c1cccc(-c2cncc(Nc3nc(N[C@@H]4CCCC[C@@H]4N)c(F)cc3C(N)=O)c2)c1. The molecule has 1 amide bonds. The van der Waals surface area contributed by atoms with Crippen LogP contribution in [0.5, 0.6) is 0 Å². The molecule has 0 bridgehead atoms. The minimum atomic E-state index is -0.780. The molecule has 1 saturated carbocycles. The van der Waals surface area contributed by atoms with Gasteiger partial charge in [-0.15, -0.1) is 0 Å². The summed E-state index contributed by atoms with van der Waals surface area (Å²) in [7, 11) is 3.96. The first kappa shape index (κ1) is 23.4. The number of aromatic nitrogens is 2. The highest BCUT2D eigenvalue weighted by atomic mass is 19.1. The molecule has 6 N–H and O–H groups in total. The van der Waals surface area contributed by atoms with Gasteiger partial charge in [0.05, 0.1) is 17.4 Å². The summed E-state index contributed by atoms with van der Waals surface area (Å²) < 4.78 is 14.8. The summed E-state index contributed by atoms with van der Waals surface area (Å²) in [6.45, 7) is 0. The lowest BCUT2D eigenvalue weighted by atomic mass is 9.91. The highest BCUT2D eigenvalue weighted by Crippen LogP contribution is 2.29. The van der Waals surface area contributed by atoms with Crippen molar-refractivity contribution in [3.05, 3.63) is 60.2 Å². The number of hydrogen-bond donors (Lipinski definition) is 4. The van der Waals surface area contributed by atoms with Crippen LogP contribution < -0.4 is 27.0 Å². The van der Waals surface area contributed by atoms with E-state index in [1.165, 1.54) is 0 Å². The summed E-state index contributed by atoms with van der Waals surface area (Å²) in [5.41, 5.74) is 15.2. The predicted molar refractivity (Wildman–Crippen MR) is 134 cm³/mol. The van der Waals surface area contributed by atoms with Gasteiger partial charge in [0.25, 0.3) is 5.91 Å². The Balaban J connectivity index is 1.64. The summed E-state index contributed by atoms with van der Waals surface area (Å²) in [5.74, 6) is -1.23. The van der Waals surface area contributed by atoms with Crippen molar-refractivity contribution in [3.8, 4) is 11.1 Å². The first-order chi connectivity index (χ1) is 16.3. The van der Waals surface area contributed by atoms with E-state index in [1.54, 1.807) is 12.4 Å². The van der Waals surface area contributed by atoms with E-state index in [1.807, 2.05) is 43.3 Å². The van der Waals surface area contributed by atoms with Crippen LogP contribution in [0.3, 0.4) is 0 Å². The van der Waals surface area contributed by atoms with Crippen molar-refractivity contribution in [3.63, 3.8) is 0 Å². The molecule has 9 heteroatoms. The normalized spacial score (nSPS) is 17.8. The zero-order valence-electron chi connectivity index (χ0n) is 19.4. The maximum atomic E-state index is 14.8. The molecule has 1 aliphatic rings. The van der Waals surface area contributed by atoms with Crippen LogP contribution in [0.15, 0.2) is 48.8 Å². The Bertz CT molecular complexity index is 1180. The van der Waals surface area contributed by atoms with Crippen LogP contribution >= 0.6 is 0 Å². The van der Waals surface area contributed by atoms with E-state index in [-0.39, 0.29) is 29.3 Å². The molecule has 1 aromatic carbocycles. The van der Waals surface area contributed by atoms with Gasteiger partial charge in [0.15, 0.2) is 11.6 Å². The lowest BCUT2D eigenvalue weighted by Gasteiger charge is -2.30. The monoisotopic (exact) mass is 463 g/mol. The van der Waals surface area contributed by atoms with E-state index < -0.39 is 11.7 Å². The highest BCUT2D eigenvalue weighted by Gasteiger charge is 2.24. The molecule has 2 aromatic heterocycles. The fourth-order valence-corrected chi connectivity index (χ4v) is 4.15. The van der Waals surface area contributed by atoms with Gasteiger partial charge in [0.2, 0.25) is 0 Å². The zero-order valence-corrected chi connectivity index (χ0v) is 19.4. The molecule has 0 unspecified atom stereocenters. The number of nitrogens with zero attached hydrogens (tertiary/aromatic N) is 3. The standard InChI is InChI=1S/C25H30FN7O/c1-33(2)18-7-5-6-15(11-18)16-10-17(14-29-13-16)30-24-19(23(28)34)12-20(26)25(32-24)31-22-9-4-3-8-21(22)27/h5-7,10-14,21-22H,3-4,8-9,27H2,1-2H3,(H2,28,34)(H2,30,31,32)/t21-,22+/m0/s1. The topological polar surface area (TPSA) is 122 Å². The molecule has 3 aromatic rings. The first-order valence-corrected chi connectivity index (χ1v) is 11.3. The Labute approximate surface area is 198 Å². The summed E-state index contributed by atoms with van der Waals surface area (Å²) in [6, 6.07) is 10.9. The van der Waals surface area contributed by atoms with E-state index in [9.17, 15) is 9.18 Å². The molecular weight excluding hydrogens is 433 g/mol. The Kier molecular flexibility index (Phi) is 6.93. The number of benzene rings is 1. The van der Waals surface area contributed by atoms with Crippen LogP contribution in [-0.2, 0) is 0 Å². The number of carbonyl (C=O) groups is 1. The Morgan fingerprint density at radius 2 is 1.88 bits per heavy atom. The molecular formula is C25H30FN7O. The van der Waals surface area contributed by atoms with Gasteiger partial charge in [-0.25, -0.2) is 9.37 Å². The van der Waals surface area contributed by atoms with Crippen LogP contribution in [-0.4, -0.2) is 42.1 Å². The van der Waals surface area contributed by atoms with Crippen LogP contribution in [0, 0.1) is 5.82 Å². The smallest absolute Gasteiger partial charge is 0.252 e. The van der Waals surface area contributed by atoms with Gasteiger partial charge in [-0.3, -0.25) is 9.78 Å². The van der Waals surface area contributed by atoms with E-state index in [4.69, 9.17) is 11.5 Å². The first-order valence-electron chi connectivity index (χ1n) is 11.3. The third-order valence-corrected chi connectivity index (χ3v) is 6.08. The van der Waals surface area contributed by atoms with E-state index in [2.05, 4.69) is 26.7 Å². The Morgan fingerprint density at radius 3 is 2.62 bits per heavy atom. The quantitative estimate of drug-likeness (QED) is 0.419. The molecule has 2 heterocycles. The van der Waals surface area contributed by atoms with E-state index in [0.29, 0.717) is 5.69 Å². The molecule has 0 radical (unpaired) electrons. The second-order valence-electron chi connectivity index (χ2n) is 8.81. The molecule has 0 spiro atoms. The van der Waals surface area contributed by atoms with Gasteiger partial charge in [0.1, 0.15) is 5.82 Å². The Morgan fingerprint density at radius 1 is 1.09 bits per heavy atom. The predicted octanol–water partition coefficient (Wildman–Crippen LogP) is 3.87. The van der Waals surface area contributed by atoms with Crippen molar-refractivity contribution in [1.29, 1.82) is 0 Å². The van der Waals surface area contributed by atoms with Crippen LogP contribution in [0.25, 0.3) is 11.1 Å². The second kappa shape index (κ2) is 10.0. The summed E-state index contributed by atoms with van der Waals surface area (Å²) in [5, 5.41) is 6.22. The fourth-order valence-electron chi connectivity index (χ4n) is 4.15. The molecule has 34 heavy (non-hydrogen) atoms. The lowest BCUT2D eigenvalue weighted by Crippen LogP contribution is -2.43.